The summed E-state index contributed by atoms with van der Waals surface area (Å²) in [7, 11) is 2.22. The minimum atomic E-state index is 0.906. The molecule has 2 heteroatoms. The van der Waals surface area contributed by atoms with Gasteiger partial charge in [-0.05, 0) is 7.05 Å². The standard InChI is InChI=1S/C6H12N2.C2H6/c1-7-2-3-8-4-6(7)5-8;1-2/h6H,2-5H2,1H3;1-2H3. The van der Waals surface area contributed by atoms with Crippen molar-refractivity contribution in [3.63, 3.8) is 0 Å². The van der Waals surface area contributed by atoms with E-state index in [1.54, 1.807) is 0 Å². The molecule has 10 heavy (non-hydrogen) atoms. The molecule has 3 fully saturated rings. The predicted octanol–water partition coefficient (Wildman–Crippen LogP) is 0.642. The van der Waals surface area contributed by atoms with Gasteiger partial charge in [-0.25, -0.2) is 0 Å². The lowest BCUT2D eigenvalue weighted by Gasteiger charge is -2.50. The minimum Gasteiger partial charge on any atom is -0.300 e. The molecule has 3 aliphatic heterocycles. The topological polar surface area (TPSA) is 6.48 Å². The Labute approximate surface area is 63.8 Å². The van der Waals surface area contributed by atoms with Gasteiger partial charge in [0.2, 0.25) is 0 Å². The van der Waals surface area contributed by atoms with Gasteiger partial charge in [0.1, 0.15) is 0 Å². The van der Waals surface area contributed by atoms with E-state index < -0.39 is 0 Å². The molecule has 0 aliphatic carbocycles. The van der Waals surface area contributed by atoms with Gasteiger partial charge in [-0.3, -0.25) is 9.80 Å². The number of nitrogens with zero attached hydrogens (tertiary/aromatic N) is 2. The second-order valence-corrected chi connectivity index (χ2v) is 2.89. The number of likely N-dealkylation sites (N-methyl/N-ethyl adjacent to an activating group) is 1. The maximum Gasteiger partial charge on any atom is 0.0347 e. The molecule has 3 saturated heterocycles. The summed E-state index contributed by atoms with van der Waals surface area (Å²) in [5.41, 5.74) is 0. The lowest BCUT2D eigenvalue weighted by Crippen LogP contribution is -2.65. The third-order valence-corrected chi connectivity index (χ3v) is 2.33. The average molecular weight is 142 g/mol. The summed E-state index contributed by atoms with van der Waals surface area (Å²) in [5, 5.41) is 0. The molecule has 0 saturated carbocycles. The van der Waals surface area contributed by atoms with Crippen LogP contribution in [0, 0.1) is 0 Å². The molecule has 3 heterocycles. The predicted molar refractivity (Wildman–Crippen MR) is 44.2 cm³/mol. The molecule has 0 amide bonds. The first-order valence-electron chi connectivity index (χ1n) is 4.29. The highest BCUT2D eigenvalue weighted by Crippen LogP contribution is 2.17. The van der Waals surface area contributed by atoms with Gasteiger partial charge in [-0.15, -0.1) is 0 Å². The zero-order valence-corrected chi connectivity index (χ0v) is 7.30. The Morgan fingerprint density at radius 1 is 1.10 bits per heavy atom. The van der Waals surface area contributed by atoms with Gasteiger partial charge in [0.05, 0.1) is 0 Å². The first-order chi connectivity index (χ1) is 4.86. The normalized spacial score (nSPS) is 37.5. The monoisotopic (exact) mass is 142 g/mol. The van der Waals surface area contributed by atoms with Crippen molar-refractivity contribution in [2.45, 2.75) is 19.9 Å². The first kappa shape index (κ1) is 8.02. The van der Waals surface area contributed by atoms with Crippen LogP contribution >= 0.6 is 0 Å². The Bertz CT molecular complexity index is 91.9. The zero-order chi connectivity index (χ0) is 7.56. The maximum atomic E-state index is 2.50. The van der Waals surface area contributed by atoms with Gasteiger partial charge in [0.25, 0.3) is 0 Å². The molecule has 0 atom stereocenters. The maximum absolute atomic E-state index is 2.50. The third-order valence-electron chi connectivity index (χ3n) is 2.33. The molecule has 0 spiro atoms. The molecule has 0 radical (unpaired) electrons. The van der Waals surface area contributed by atoms with Gasteiger partial charge in [-0.2, -0.15) is 0 Å². The largest absolute Gasteiger partial charge is 0.300 e. The van der Waals surface area contributed by atoms with Crippen molar-refractivity contribution in [3.8, 4) is 0 Å². The van der Waals surface area contributed by atoms with Crippen LogP contribution in [0.4, 0.5) is 0 Å². The van der Waals surface area contributed by atoms with Gasteiger partial charge in [-0.1, -0.05) is 13.8 Å². The van der Waals surface area contributed by atoms with Crippen LogP contribution in [0.5, 0.6) is 0 Å². The summed E-state index contributed by atoms with van der Waals surface area (Å²) >= 11 is 0. The number of rotatable bonds is 0. The van der Waals surface area contributed by atoms with Gasteiger partial charge in [0, 0.05) is 32.2 Å². The van der Waals surface area contributed by atoms with Crippen LogP contribution in [-0.2, 0) is 0 Å². The van der Waals surface area contributed by atoms with Gasteiger partial charge >= 0.3 is 0 Å². The number of hydrogen-bond donors (Lipinski definition) is 0. The van der Waals surface area contributed by atoms with Crippen LogP contribution in [-0.4, -0.2) is 49.1 Å². The van der Waals surface area contributed by atoms with E-state index in [1.807, 2.05) is 13.8 Å². The van der Waals surface area contributed by atoms with Crippen molar-refractivity contribution in [1.29, 1.82) is 0 Å². The smallest absolute Gasteiger partial charge is 0.0347 e. The van der Waals surface area contributed by atoms with E-state index in [2.05, 4.69) is 16.8 Å². The average Bonchev–Trinajstić information content (AvgIpc) is 1.90. The minimum absolute atomic E-state index is 0.906. The van der Waals surface area contributed by atoms with E-state index in [9.17, 15) is 0 Å². The molecule has 2 nitrogen and oxygen atoms in total. The van der Waals surface area contributed by atoms with Crippen molar-refractivity contribution >= 4 is 0 Å². The summed E-state index contributed by atoms with van der Waals surface area (Å²) in [4.78, 5) is 4.96. The molecule has 0 aromatic rings. The molecule has 0 unspecified atom stereocenters. The Balaban J connectivity index is 0.000000231. The van der Waals surface area contributed by atoms with E-state index in [1.165, 1.54) is 26.2 Å². The Morgan fingerprint density at radius 3 is 1.90 bits per heavy atom. The number of piperazine rings is 2. The number of hydrogen-bond acceptors (Lipinski definition) is 2. The van der Waals surface area contributed by atoms with Crippen LogP contribution in [0.1, 0.15) is 13.8 Å². The van der Waals surface area contributed by atoms with Crippen LogP contribution < -0.4 is 0 Å². The van der Waals surface area contributed by atoms with Gasteiger partial charge < -0.3 is 0 Å². The fourth-order valence-electron chi connectivity index (χ4n) is 1.49. The van der Waals surface area contributed by atoms with Crippen molar-refractivity contribution in [2.75, 3.05) is 33.2 Å². The highest BCUT2D eigenvalue weighted by Gasteiger charge is 2.33. The summed E-state index contributed by atoms with van der Waals surface area (Å²) in [6, 6.07) is 0.906. The number of fused-ring (bicyclic) bond motifs is 2. The van der Waals surface area contributed by atoms with E-state index in [4.69, 9.17) is 0 Å². The van der Waals surface area contributed by atoms with Crippen molar-refractivity contribution < 1.29 is 0 Å². The Morgan fingerprint density at radius 2 is 1.70 bits per heavy atom. The van der Waals surface area contributed by atoms with E-state index in [-0.39, 0.29) is 0 Å². The molecule has 0 N–H and O–H groups in total. The third kappa shape index (κ3) is 1.32. The quantitative estimate of drug-likeness (QED) is 0.490. The van der Waals surface area contributed by atoms with E-state index >= 15 is 0 Å². The molecule has 0 aromatic carbocycles. The molecule has 60 valence electrons. The lowest BCUT2D eigenvalue weighted by atomic mass is 10.0. The van der Waals surface area contributed by atoms with Crippen LogP contribution in [0.25, 0.3) is 0 Å². The second kappa shape index (κ2) is 3.35. The fraction of sp³-hybridized carbons (Fsp3) is 1.00. The van der Waals surface area contributed by atoms with Crippen LogP contribution in [0.3, 0.4) is 0 Å². The van der Waals surface area contributed by atoms with Crippen LogP contribution in [0.2, 0.25) is 0 Å². The zero-order valence-electron chi connectivity index (χ0n) is 7.30. The summed E-state index contributed by atoms with van der Waals surface area (Å²) < 4.78 is 0. The summed E-state index contributed by atoms with van der Waals surface area (Å²) in [6.45, 7) is 9.24. The summed E-state index contributed by atoms with van der Waals surface area (Å²) in [6.07, 6.45) is 0. The molecule has 0 aromatic heterocycles. The molecule has 3 aliphatic rings. The van der Waals surface area contributed by atoms with E-state index in [0.717, 1.165) is 6.04 Å². The fourth-order valence-corrected chi connectivity index (χ4v) is 1.49. The Kier molecular flexibility index (Phi) is 2.69. The lowest BCUT2D eigenvalue weighted by molar-refractivity contribution is -0.00937. The van der Waals surface area contributed by atoms with E-state index in [0.29, 0.717) is 0 Å². The molecule has 3 rings (SSSR count). The summed E-state index contributed by atoms with van der Waals surface area (Å²) in [5.74, 6) is 0. The van der Waals surface area contributed by atoms with Crippen molar-refractivity contribution in [3.05, 3.63) is 0 Å². The highest BCUT2D eigenvalue weighted by atomic mass is 15.4. The molecular weight excluding hydrogens is 124 g/mol. The first-order valence-corrected chi connectivity index (χ1v) is 4.29. The highest BCUT2D eigenvalue weighted by molar-refractivity contribution is 4.91. The van der Waals surface area contributed by atoms with Crippen molar-refractivity contribution in [2.24, 2.45) is 0 Å². The Hall–Kier alpha value is -0.0800. The van der Waals surface area contributed by atoms with Gasteiger partial charge in [0.15, 0.2) is 0 Å². The molecular formula is C8H18N2. The van der Waals surface area contributed by atoms with Crippen molar-refractivity contribution in [1.82, 2.24) is 9.80 Å². The second-order valence-electron chi connectivity index (χ2n) is 2.89. The van der Waals surface area contributed by atoms with Crippen LogP contribution in [0.15, 0.2) is 0 Å². The molecule has 2 bridgehead atoms. The SMILES string of the molecule is CC.CN1CCN2CC1C2.